The Hall–Kier alpha value is -2.54. The summed E-state index contributed by atoms with van der Waals surface area (Å²) >= 11 is 0. The Bertz CT molecular complexity index is 515. The van der Waals surface area contributed by atoms with Crippen LogP contribution in [0.25, 0.3) is 0 Å². The maximum atomic E-state index is 11.9. The molecular formula is C10H10N6O. The minimum atomic E-state index is -0.333. The molecule has 0 saturated carbocycles. The Balaban J connectivity index is 2.20. The van der Waals surface area contributed by atoms with Gasteiger partial charge in [0.2, 0.25) is 0 Å². The molecule has 0 saturated heterocycles. The van der Waals surface area contributed by atoms with Crippen LogP contribution in [0.5, 0.6) is 0 Å². The molecule has 1 amide bonds. The third-order valence-corrected chi connectivity index (χ3v) is 2.04. The summed E-state index contributed by atoms with van der Waals surface area (Å²) in [6, 6.07) is 1.61. The van der Waals surface area contributed by atoms with Crippen LogP contribution in [0.15, 0.2) is 37.2 Å². The number of nitrogens with two attached hydrogens (primary N) is 1. The van der Waals surface area contributed by atoms with Crippen molar-refractivity contribution in [2.24, 2.45) is 5.84 Å². The Morgan fingerprint density at radius 3 is 2.65 bits per heavy atom. The standard InChI is InChI=1S/C10H10N6O/c11-16-9-1-2-12-5-8(9)10(17)15-7-3-13-6-14-4-7/h1-6H,11H2,(H,12,16)(H,15,17). The van der Waals surface area contributed by atoms with Gasteiger partial charge >= 0.3 is 0 Å². The van der Waals surface area contributed by atoms with Crippen molar-refractivity contribution in [1.82, 2.24) is 15.0 Å². The van der Waals surface area contributed by atoms with Gasteiger partial charge in [-0.2, -0.15) is 0 Å². The number of aromatic nitrogens is 3. The third kappa shape index (κ3) is 2.52. The number of rotatable bonds is 3. The first-order valence-corrected chi connectivity index (χ1v) is 4.78. The predicted molar refractivity (Wildman–Crippen MR) is 62.0 cm³/mol. The van der Waals surface area contributed by atoms with Crippen LogP contribution in [0.4, 0.5) is 11.4 Å². The highest BCUT2D eigenvalue weighted by atomic mass is 16.1. The van der Waals surface area contributed by atoms with Crippen LogP contribution >= 0.6 is 0 Å². The minimum Gasteiger partial charge on any atom is -0.323 e. The SMILES string of the molecule is NNc1ccncc1C(=O)Nc1cncnc1. The number of nitrogens with zero attached hydrogens (tertiary/aromatic N) is 3. The fourth-order valence-electron chi connectivity index (χ4n) is 1.26. The number of carbonyl (C=O) groups excluding carboxylic acids is 1. The molecule has 0 spiro atoms. The monoisotopic (exact) mass is 230 g/mol. The van der Waals surface area contributed by atoms with Crippen molar-refractivity contribution < 1.29 is 4.79 Å². The van der Waals surface area contributed by atoms with Gasteiger partial charge in [0.05, 0.1) is 29.3 Å². The molecule has 0 fully saturated rings. The summed E-state index contributed by atoms with van der Waals surface area (Å²) in [4.78, 5) is 23.3. The first-order valence-electron chi connectivity index (χ1n) is 4.78. The Morgan fingerprint density at radius 2 is 1.94 bits per heavy atom. The smallest absolute Gasteiger partial charge is 0.259 e. The second kappa shape index (κ2) is 4.99. The summed E-state index contributed by atoms with van der Waals surface area (Å²) in [5.41, 5.74) is 3.78. The molecule has 17 heavy (non-hydrogen) atoms. The Kier molecular flexibility index (Phi) is 3.22. The number of carbonyl (C=O) groups is 1. The largest absolute Gasteiger partial charge is 0.323 e. The van der Waals surface area contributed by atoms with E-state index in [9.17, 15) is 4.79 Å². The number of anilines is 2. The van der Waals surface area contributed by atoms with Gasteiger partial charge in [0.25, 0.3) is 5.91 Å². The van der Waals surface area contributed by atoms with Gasteiger partial charge in [-0.15, -0.1) is 0 Å². The highest BCUT2D eigenvalue weighted by molar-refractivity contribution is 6.07. The van der Waals surface area contributed by atoms with Crippen LogP contribution in [-0.2, 0) is 0 Å². The number of amides is 1. The zero-order valence-corrected chi connectivity index (χ0v) is 8.79. The van der Waals surface area contributed by atoms with E-state index in [1.165, 1.54) is 31.1 Å². The van der Waals surface area contributed by atoms with Crippen LogP contribution in [0, 0.1) is 0 Å². The van der Waals surface area contributed by atoms with Crippen LogP contribution in [0.2, 0.25) is 0 Å². The van der Waals surface area contributed by atoms with E-state index >= 15 is 0 Å². The Labute approximate surface area is 97.1 Å². The molecule has 2 aromatic rings. The van der Waals surface area contributed by atoms with E-state index in [-0.39, 0.29) is 5.91 Å². The number of nitrogen functional groups attached to an aromatic ring is 1. The molecule has 4 N–H and O–H groups in total. The lowest BCUT2D eigenvalue weighted by Crippen LogP contribution is -2.17. The van der Waals surface area contributed by atoms with Gasteiger partial charge in [-0.3, -0.25) is 15.6 Å². The second-order valence-electron chi connectivity index (χ2n) is 3.15. The third-order valence-electron chi connectivity index (χ3n) is 2.04. The van der Waals surface area contributed by atoms with E-state index in [2.05, 4.69) is 25.7 Å². The number of hydrogen-bond acceptors (Lipinski definition) is 6. The summed E-state index contributed by atoms with van der Waals surface area (Å²) in [5, 5.41) is 2.63. The minimum absolute atomic E-state index is 0.333. The molecule has 7 heteroatoms. The summed E-state index contributed by atoms with van der Waals surface area (Å²) in [5.74, 6) is 4.97. The highest BCUT2D eigenvalue weighted by Gasteiger charge is 2.11. The van der Waals surface area contributed by atoms with Gasteiger partial charge in [0.15, 0.2) is 0 Å². The molecule has 0 aromatic carbocycles. The Morgan fingerprint density at radius 1 is 1.18 bits per heavy atom. The topological polar surface area (TPSA) is 106 Å². The summed E-state index contributed by atoms with van der Waals surface area (Å²) < 4.78 is 0. The van der Waals surface area contributed by atoms with E-state index in [4.69, 9.17) is 5.84 Å². The predicted octanol–water partition coefficient (Wildman–Crippen LogP) is 0.409. The summed E-state index contributed by atoms with van der Waals surface area (Å²) in [6.45, 7) is 0. The molecular weight excluding hydrogens is 220 g/mol. The van der Waals surface area contributed by atoms with E-state index in [1.807, 2.05) is 0 Å². The fourth-order valence-corrected chi connectivity index (χ4v) is 1.26. The molecule has 0 aliphatic carbocycles. The van der Waals surface area contributed by atoms with Crippen LogP contribution < -0.4 is 16.6 Å². The van der Waals surface area contributed by atoms with Crippen molar-refractivity contribution in [3.63, 3.8) is 0 Å². The van der Waals surface area contributed by atoms with Gasteiger partial charge in [0.1, 0.15) is 6.33 Å². The molecule has 2 rings (SSSR count). The second-order valence-corrected chi connectivity index (χ2v) is 3.15. The molecule has 86 valence electrons. The van der Waals surface area contributed by atoms with Crippen molar-refractivity contribution in [3.05, 3.63) is 42.7 Å². The lowest BCUT2D eigenvalue weighted by atomic mass is 10.2. The van der Waals surface area contributed by atoms with Gasteiger partial charge in [0, 0.05) is 12.4 Å². The average Bonchev–Trinajstić information content (AvgIpc) is 2.40. The van der Waals surface area contributed by atoms with E-state index in [1.54, 1.807) is 6.07 Å². The molecule has 0 aliphatic rings. The van der Waals surface area contributed by atoms with E-state index < -0.39 is 0 Å². The van der Waals surface area contributed by atoms with Crippen molar-refractivity contribution in [3.8, 4) is 0 Å². The van der Waals surface area contributed by atoms with Gasteiger partial charge in [-0.25, -0.2) is 9.97 Å². The quantitative estimate of drug-likeness (QED) is 0.521. The van der Waals surface area contributed by atoms with Gasteiger partial charge in [-0.05, 0) is 6.07 Å². The zero-order valence-electron chi connectivity index (χ0n) is 8.79. The van der Waals surface area contributed by atoms with Crippen LogP contribution in [0.3, 0.4) is 0 Å². The fraction of sp³-hybridized carbons (Fsp3) is 0. The number of pyridine rings is 1. The summed E-state index contributed by atoms with van der Waals surface area (Å²) in [7, 11) is 0. The van der Waals surface area contributed by atoms with Gasteiger partial charge in [-0.1, -0.05) is 0 Å². The maximum absolute atomic E-state index is 11.9. The maximum Gasteiger partial charge on any atom is 0.259 e. The first kappa shape index (κ1) is 11.0. The molecule has 0 bridgehead atoms. The van der Waals surface area contributed by atoms with E-state index in [0.717, 1.165) is 0 Å². The van der Waals surface area contributed by atoms with Gasteiger partial charge < -0.3 is 10.7 Å². The molecule has 0 atom stereocenters. The lowest BCUT2D eigenvalue weighted by Gasteiger charge is -2.08. The lowest BCUT2D eigenvalue weighted by molar-refractivity contribution is 0.102. The van der Waals surface area contributed by atoms with Crippen molar-refractivity contribution in [2.45, 2.75) is 0 Å². The number of nitrogens with one attached hydrogen (secondary N) is 2. The van der Waals surface area contributed by atoms with Crippen molar-refractivity contribution in [2.75, 3.05) is 10.7 Å². The summed E-state index contributed by atoms with van der Waals surface area (Å²) in [6.07, 6.45) is 7.34. The molecule has 2 aromatic heterocycles. The highest BCUT2D eigenvalue weighted by Crippen LogP contribution is 2.13. The molecule has 0 radical (unpaired) electrons. The molecule has 2 heterocycles. The number of hydrogen-bond donors (Lipinski definition) is 3. The normalized spacial score (nSPS) is 9.71. The average molecular weight is 230 g/mol. The van der Waals surface area contributed by atoms with E-state index in [0.29, 0.717) is 16.9 Å². The molecule has 0 aliphatic heterocycles. The van der Waals surface area contributed by atoms with Crippen LogP contribution in [0.1, 0.15) is 10.4 Å². The first-order chi connectivity index (χ1) is 8.31. The zero-order chi connectivity index (χ0) is 12.1. The molecule has 7 nitrogen and oxygen atoms in total. The van der Waals surface area contributed by atoms with Crippen molar-refractivity contribution in [1.29, 1.82) is 0 Å². The van der Waals surface area contributed by atoms with Crippen LogP contribution in [-0.4, -0.2) is 20.9 Å². The number of hydrazine groups is 1. The van der Waals surface area contributed by atoms with Crippen molar-refractivity contribution >= 4 is 17.3 Å². The molecule has 0 unspecified atom stereocenters.